The van der Waals surface area contributed by atoms with Gasteiger partial charge in [-0.1, -0.05) is 6.92 Å². The number of carbonyl (C=O) groups is 1. The van der Waals surface area contributed by atoms with Crippen molar-refractivity contribution in [1.29, 1.82) is 0 Å². The average Bonchev–Trinajstić information content (AvgIpc) is 2.81. The molecule has 0 bridgehead atoms. The molecule has 0 aromatic heterocycles. The molecule has 2 saturated heterocycles. The van der Waals surface area contributed by atoms with Crippen molar-refractivity contribution in [1.82, 2.24) is 15.1 Å². The Hall–Kier alpha value is -0.980. The summed E-state index contributed by atoms with van der Waals surface area (Å²) in [5.74, 6) is 0.650. The molecule has 1 N–H and O–H groups in total. The number of halogens is 3. The van der Waals surface area contributed by atoms with Gasteiger partial charge < -0.3 is 10.2 Å². The predicted octanol–water partition coefficient (Wildman–Crippen LogP) is 2.31. The monoisotopic (exact) mass is 307 g/mol. The van der Waals surface area contributed by atoms with Crippen molar-refractivity contribution in [2.45, 2.75) is 32.4 Å². The number of alkyl halides is 3. The van der Waals surface area contributed by atoms with E-state index in [0.717, 1.165) is 25.9 Å². The molecule has 0 aliphatic carbocycles. The minimum Gasteiger partial charge on any atom is -0.338 e. The van der Waals surface area contributed by atoms with Crippen LogP contribution in [0.2, 0.25) is 0 Å². The molecule has 2 atom stereocenters. The summed E-state index contributed by atoms with van der Waals surface area (Å²) in [5.41, 5.74) is 0. The van der Waals surface area contributed by atoms with E-state index in [4.69, 9.17) is 0 Å². The molecule has 0 spiro atoms. The molecule has 21 heavy (non-hydrogen) atoms. The summed E-state index contributed by atoms with van der Waals surface area (Å²) < 4.78 is 36.9. The van der Waals surface area contributed by atoms with E-state index < -0.39 is 12.7 Å². The van der Waals surface area contributed by atoms with E-state index in [9.17, 15) is 18.0 Å². The highest BCUT2D eigenvalue weighted by molar-refractivity contribution is 5.74. The van der Waals surface area contributed by atoms with Crippen molar-refractivity contribution in [3.63, 3.8) is 0 Å². The van der Waals surface area contributed by atoms with Crippen LogP contribution in [0.15, 0.2) is 0 Å². The number of nitrogens with one attached hydrogen (secondary N) is 1. The minimum absolute atomic E-state index is 0.0733. The second-order valence-electron chi connectivity index (χ2n) is 6.38. The van der Waals surface area contributed by atoms with Gasteiger partial charge in [-0.05, 0) is 37.6 Å². The number of nitrogens with zero attached hydrogens (tertiary/aromatic N) is 2. The van der Waals surface area contributed by atoms with Crippen LogP contribution in [0, 0.1) is 11.8 Å². The van der Waals surface area contributed by atoms with Crippen molar-refractivity contribution in [3.8, 4) is 0 Å². The van der Waals surface area contributed by atoms with Gasteiger partial charge in [0.15, 0.2) is 0 Å². The molecule has 0 aromatic rings. The molecule has 122 valence electrons. The maximum absolute atomic E-state index is 12.3. The molecule has 0 saturated carbocycles. The highest BCUT2D eigenvalue weighted by Crippen LogP contribution is 2.22. The molecule has 0 radical (unpaired) electrons. The molecule has 2 amide bonds. The summed E-state index contributed by atoms with van der Waals surface area (Å²) in [5, 5.41) is 2.88. The largest absolute Gasteiger partial charge is 0.401 e. The average molecular weight is 307 g/mol. The Morgan fingerprint density at radius 2 is 2.00 bits per heavy atom. The van der Waals surface area contributed by atoms with Crippen LogP contribution in [0.3, 0.4) is 0 Å². The third-order valence-corrected chi connectivity index (χ3v) is 4.26. The van der Waals surface area contributed by atoms with Crippen molar-refractivity contribution < 1.29 is 18.0 Å². The number of hydrogen-bond acceptors (Lipinski definition) is 2. The number of piperidine rings is 1. The van der Waals surface area contributed by atoms with Crippen molar-refractivity contribution in [2.75, 3.05) is 39.3 Å². The lowest BCUT2D eigenvalue weighted by Crippen LogP contribution is -2.46. The summed E-state index contributed by atoms with van der Waals surface area (Å²) >= 11 is 0. The zero-order chi connectivity index (χ0) is 15.5. The molecular formula is C14H24F3N3O. The summed E-state index contributed by atoms with van der Waals surface area (Å²) in [6.45, 7) is 4.18. The van der Waals surface area contributed by atoms with E-state index >= 15 is 0 Å². The number of amides is 2. The van der Waals surface area contributed by atoms with Crippen molar-refractivity contribution in [2.24, 2.45) is 11.8 Å². The summed E-state index contributed by atoms with van der Waals surface area (Å²) in [6.07, 6.45) is -1.25. The lowest BCUT2D eigenvalue weighted by atomic mass is 10.0. The van der Waals surface area contributed by atoms with Gasteiger partial charge in [-0.3, -0.25) is 4.90 Å². The molecule has 0 aromatic carbocycles. The molecule has 4 nitrogen and oxygen atoms in total. The molecule has 2 unspecified atom stereocenters. The van der Waals surface area contributed by atoms with Gasteiger partial charge in [0, 0.05) is 26.2 Å². The lowest BCUT2D eigenvalue weighted by molar-refractivity contribution is -0.143. The summed E-state index contributed by atoms with van der Waals surface area (Å²) in [4.78, 5) is 15.3. The second kappa shape index (κ2) is 6.85. The number of likely N-dealkylation sites (tertiary alicyclic amines) is 2. The third-order valence-electron chi connectivity index (χ3n) is 4.26. The second-order valence-corrected chi connectivity index (χ2v) is 6.38. The van der Waals surface area contributed by atoms with Crippen LogP contribution in [0.5, 0.6) is 0 Å². The van der Waals surface area contributed by atoms with Gasteiger partial charge in [0.25, 0.3) is 0 Å². The van der Waals surface area contributed by atoms with E-state index in [1.54, 1.807) is 0 Å². The van der Waals surface area contributed by atoms with Gasteiger partial charge in [-0.25, -0.2) is 4.79 Å². The molecule has 7 heteroatoms. The Bertz CT molecular complexity index is 362. The van der Waals surface area contributed by atoms with Crippen LogP contribution in [-0.2, 0) is 0 Å². The fourth-order valence-electron chi connectivity index (χ4n) is 3.19. The Morgan fingerprint density at radius 3 is 2.67 bits per heavy atom. The third kappa shape index (κ3) is 5.37. The zero-order valence-electron chi connectivity index (χ0n) is 12.5. The zero-order valence-corrected chi connectivity index (χ0v) is 12.5. The quantitative estimate of drug-likeness (QED) is 0.868. The van der Waals surface area contributed by atoms with Gasteiger partial charge in [-0.15, -0.1) is 0 Å². The van der Waals surface area contributed by atoms with Crippen LogP contribution in [0.25, 0.3) is 0 Å². The smallest absolute Gasteiger partial charge is 0.338 e. The van der Waals surface area contributed by atoms with E-state index in [2.05, 4.69) is 12.2 Å². The van der Waals surface area contributed by atoms with E-state index in [1.165, 1.54) is 4.90 Å². The van der Waals surface area contributed by atoms with Gasteiger partial charge >= 0.3 is 12.2 Å². The molecule has 2 aliphatic heterocycles. The first-order valence-electron chi connectivity index (χ1n) is 7.65. The SMILES string of the molecule is CC1CCCN(C(=O)NCC2CCN(CC(F)(F)F)C2)C1. The minimum atomic E-state index is -4.14. The molecule has 2 aliphatic rings. The molecule has 2 rings (SSSR count). The highest BCUT2D eigenvalue weighted by Gasteiger charge is 2.34. The van der Waals surface area contributed by atoms with E-state index in [0.29, 0.717) is 32.0 Å². The Morgan fingerprint density at radius 1 is 1.24 bits per heavy atom. The molecule has 2 fully saturated rings. The number of carbonyl (C=O) groups excluding carboxylic acids is 1. The van der Waals surface area contributed by atoms with Crippen LogP contribution >= 0.6 is 0 Å². The van der Waals surface area contributed by atoms with Crippen LogP contribution in [0.1, 0.15) is 26.2 Å². The maximum Gasteiger partial charge on any atom is 0.401 e. The van der Waals surface area contributed by atoms with Crippen LogP contribution in [0.4, 0.5) is 18.0 Å². The number of urea groups is 1. The normalized spacial score (nSPS) is 27.9. The van der Waals surface area contributed by atoms with Crippen LogP contribution in [-0.4, -0.2) is 61.3 Å². The Balaban J connectivity index is 1.68. The maximum atomic E-state index is 12.3. The Labute approximate surface area is 123 Å². The van der Waals surface area contributed by atoms with Gasteiger partial charge in [0.1, 0.15) is 0 Å². The van der Waals surface area contributed by atoms with Gasteiger partial charge in [-0.2, -0.15) is 13.2 Å². The number of rotatable bonds is 3. The number of hydrogen-bond donors (Lipinski definition) is 1. The molecular weight excluding hydrogens is 283 g/mol. The fraction of sp³-hybridized carbons (Fsp3) is 0.929. The van der Waals surface area contributed by atoms with Crippen molar-refractivity contribution in [3.05, 3.63) is 0 Å². The Kier molecular flexibility index (Phi) is 5.35. The molecule has 2 heterocycles. The topological polar surface area (TPSA) is 35.6 Å². The summed E-state index contributed by atoms with van der Waals surface area (Å²) in [7, 11) is 0. The predicted molar refractivity (Wildman–Crippen MR) is 74.0 cm³/mol. The van der Waals surface area contributed by atoms with E-state index in [1.807, 2.05) is 4.90 Å². The first-order valence-corrected chi connectivity index (χ1v) is 7.65. The summed E-state index contributed by atoms with van der Waals surface area (Å²) in [6, 6.07) is -0.0733. The highest BCUT2D eigenvalue weighted by atomic mass is 19.4. The standard InChI is InChI=1S/C14H24F3N3O/c1-11-3-2-5-20(8-11)13(21)18-7-12-4-6-19(9-12)10-14(15,16)17/h11-12H,2-10H2,1H3,(H,18,21). The van der Waals surface area contributed by atoms with Gasteiger partial charge in [0.2, 0.25) is 0 Å². The first-order chi connectivity index (χ1) is 9.83. The van der Waals surface area contributed by atoms with Gasteiger partial charge in [0.05, 0.1) is 6.54 Å². The van der Waals surface area contributed by atoms with E-state index in [-0.39, 0.29) is 11.9 Å². The van der Waals surface area contributed by atoms with Crippen LogP contribution < -0.4 is 5.32 Å². The van der Waals surface area contributed by atoms with Crippen molar-refractivity contribution >= 4 is 6.03 Å². The fourth-order valence-corrected chi connectivity index (χ4v) is 3.19. The lowest BCUT2D eigenvalue weighted by Gasteiger charge is -2.31. The first kappa shape index (κ1) is 16.4.